The Morgan fingerprint density at radius 1 is 1.47 bits per heavy atom. The van der Waals surface area contributed by atoms with E-state index >= 15 is 0 Å². The van der Waals surface area contributed by atoms with E-state index in [0.29, 0.717) is 5.92 Å². The molecular formula is C13H21BrN2O. The summed E-state index contributed by atoms with van der Waals surface area (Å²) >= 11 is 3.42. The molecule has 1 aromatic heterocycles. The van der Waals surface area contributed by atoms with Crippen LogP contribution in [0.2, 0.25) is 0 Å². The maximum atomic E-state index is 12.1. The van der Waals surface area contributed by atoms with Gasteiger partial charge in [0, 0.05) is 23.3 Å². The Morgan fingerprint density at radius 3 is 2.65 bits per heavy atom. The molecule has 3 nitrogen and oxygen atoms in total. The highest BCUT2D eigenvalue weighted by molar-refractivity contribution is 9.10. The first-order valence-corrected chi connectivity index (χ1v) is 6.91. The molecule has 1 unspecified atom stereocenters. The highest BCUT2D eigenvalue weighted by atomic mass is 79.9. The van der Waals surface area contributed by atoms with Gasteiger partial charge in [0.15, 0.2) is 0 Å². The number of carbonyl (C=O) groups is 1. The number of aromatic nitrogens is 1. The van der Waals surface area contributed by atoms with Gasteiger partial charge in [-0.15, -0.1) is 0 Å². The normalized spacial score (nSPS) is 12.8. The van der Waals surface area contributed by atoms with E-state index < -0.39 is 0 Å². The molecule has 17 heavy (non-hydrogen) atoms. The molecule has 0 bridgehead atoms. The average molecular weight is 301 g/mol. The third kappa shape index (κ3) is 3.87. The van der Waals surface area contributed by atoms with Gasteiger partial charge in [-0.05, 0) is 41.3 Å². The summed E-state index contributed by atoms with van der Waals surface area (Å²) in [6, 6.07) is 2.06. The Hall–Kier alpha value is -0.770. The van der Waals surface area contributed by atoms with Gasteiger partial charge in [-0.3, -0.25) is 4.79 Å². The Morgan fingerprint density at radius 2 is 2.12 bits per heavy atom. The van der Waals surface area contributed by atoms with E-state index in [1.54, 1.807) is 0 Å². The molecule has 0 radical (unpaired) electrons. The second-order valence-corrected chi connectivity index (χ2v) is 5.66. The number of halogens is 1. The van der Waals surface area contributed by atoms with Crippen molar-refractivity contribution in [1.82, 2.24) is 9.88 Å². The molecule has 0 aliphatic rings. The Balaban J connectivity index is 2.80. The van der Waals surface area contributed by atoms with Crippen LogP contribution in [0.4, 0.5) is 0 Å². The fourth-order valence-corrected chi connectivity index (χ4v) is 2.00. The summed E-state index contributed by atoms with van der Waals surface area (Å²) in [6.45, 7) is 9.21. The van der Waals surface area contributed by atoms with E-state index in [1.165, 1.54) is 0 Å². The van der Waals surface area contributed by atoms with Crippen molar-refractivity contribution in [2.75, 3.05) is 0 Å². The summed E-state index contributed by atoms with van der Waals surface area (Å²) < 4.78 is 2.94. The monoisotopic (exact) mass is 300 g/mol. The van der Waals surface area contributed by atoms with Gasteiger partial charge < -0.3 is 9.88 Å². The molecule has 0 aromatic carbocycles. The zero-order valence-corrected chi connectivity index (χ0v) is 12.5. The molecule has 0 saturated heterocycles. The summed E-state index contributed by atoms with van der Waals surface area (Å²) in [5.74, 6) is 0.447. The number of rotatable bonds is 5. The number of amides is 1. The maximum Gasteiger partial charge on any atom is 0.268 e. The van der Waals surface area contributed by atoms with Crippen molar-refractivity contribution in [2.45, 2.75) is 46.7 Å². The number of hydrogen-bond donors (Lipinski definition) is 1. The standard InChI is InChI=1S/C13H21BrN2O/c1-5-6-16-8-11(14)7-12(16)13(17)15-10(4)9(2)3/h7-10H,5-6H2,1-4H3,(H,15,17). The number of aryl methyl sites for hydroxylation is 1. The summed E-state index contributed by atoms with van der Waals surface area (Å²) in [4.78, 5) is 12.1. The molecule has 1 amide bonds. The van der Waals surface area contributed by atoms with Crippen LogP contribution in [-0.2, 0) is 6.54 Å². The lowest BCUT2D eigenvalue weighted by Gasteiger charge is -2.18. The highest BCUT2D eigenvalue weighted by Crippen LogP contribution is 2.16. The second kappa shape index (κ2) is 6.24. The van der Waals surface area contributed by atoms with Crippen LogP contribution < -0.4 is 5.32 Å². The molecule has 96 valence electrons. The SMILES string of the molecule is CCCn1cc(Br)cc1C(=O)NC(C)C(C)C. The zero-order chi connectivity index (χ0) is 13.0. The molecule has 1 heterocycles. The predicted octanol–water partition coefficient (Wildman–Crippen LogP) is 3.43. The van der Waals surface area contributed by atoms with Gasteiger partial charge in [-0.25, -0.2) is 0 Å². The van der Waals surface area contributed by atoms with Gasteiger partial charge in [0.2, 0.25) is 0 Å². The Bertz CT molecular complexity index is 385. The molecule has 1 aromatic rings. The van der Waals surface area contributed by atoms with Crippen molar-refractivity contribution < 1.29 is 4.79 Å². The molecule has 1 N–H and O–H groups in total. The van der Waals surface area contributed by atoms with E-state index in [1.807, 2.05) is 23.8 Å². The number of nitrogens with one attached hydrogen (secondary N) is 1. The van der Waals surface area contributed by atoms with Gasteiger partial charge >= 0.3 is 0 Å². The van der Waals surface area contributed by atoms with E-state index in [9.17, 15) is 4.79 Å². The van der Waals surface area contributed by atoms with Crippen LogP contribution in [0.1, 0.15) is 44.6 Å². The lowest BCUT2D eigenvalue weighted by Crippen LogP contribution is -2.37. The van der Waals surface area contributed by atoms with Crippen molar-refractivity contribution >= 4 is 21.8 Å². The fraction of sp³-hybridized carbons (Fsp3) is 0.615. The highest BCUT2D eigenvalue weighted by Gasteiger charge is 2.16. The van der Waals surface area contributed by atoms with Crippen molar-refractivity contribution in [2.24, 2.45) is 5.92 Å². The lowest BCUT2D eigenvalue weighted by molar-refractivity contribution is 0.0921. The van der Waals surface area contributed by atoms with Crippen LogP contribution in [-0.4, -0.2) is 16.5 Å². The van der Waals surface area contributed by atoms with Crippen LogP contribution in [0.25, 0.3) is 0 Å². The topological polar surface area (TPSA) is 34.0 Å². The number of nitrogens with zero attached hydrogens (tertiary/aromatic N) is 1. The molecule has 4 heteroatoms. The summed E-state index contributed by atoms with van der Waals surface area (Å²) in [5.41, 5.74) is 0.728. The fourth-order valence-electron chi connectivity index (χ4n) is 1.54. The maximum absolute atomic E-state index is 12.1. The molecule has 1 atom stereocenters. The van der Waals surface area contributed by atoms with Crippen LogP contribution in [0, 0.1) is 5.92 Å². The number of carbonyl (C=O) groups excluding carboxylic acids is 1. The minimum absolute atomic E-state index is 0.00495. The third-order valence-corrected chi connectivity index (χ3v) is 3.35. The van der Waals surface area contributed by atoms with Crippen molar-refractivity contribution in [3.63, 3.8) is 0 Å². The first kappa shape index (κ1) is 14.3. The van der Waals surface area contributed by atoms with E-state index in [4.69, 9.17) is 0 Å². The first-order chi connectivity index (χ1) is 7.95. The van der Waals surface area contributed by atoms with Crippen LogP contribution in [0.5, 0.6) is 0 Å². The second-order valence-electron chi connectivity index (χ2n) is 4.74. The molecule has 0 saturated carbocycles. The Labute approximate surface area is 112 Å². The quantitative estimate of drug-likeness (QED) is 0.888. The van der Waals surface area contributed by atoms with E-state index in [2.05, 4.69) is 42.0 Å². The molecule has 0 fully saturated rings. The summed E-state index contributed by atoms with van der Waals surface area (Å²) in [7, 11) is 0. The number of hydrogen-bond acceptors (Lipinski definition) is 1. The molecule has 0 aliphatic heterocycles. The van der Waals surface area contributed by atoms with E-state index in [-0.39, 0.29) is 11.9 Å². The zero-order valence-electron chi connectivity index (χ0n) is 11.0. The molecule has 0 aliphatic carbocycles. The van der Waals surface area contributed by atoms with Gasteiger partial charge in [0.1, 0.15) is 5.69 Å². The van der Waals surface area contributed by atoms with Gasteiger partial charge in [0.25, 0.3) is 5.91 Å². The minimum Gasteiger partial charge on any atom is -0.348 e. The van der Waals surface area contributed by atoms with Crippen molar-refractivity contribution in [3.8, 4) is 0 Å². The first-order valence-electron chi connectivity index (χ1n) is 6.12. The molecule has 1 rings (SSSR count). The van der Waals surface area contributed by atoms with Crippen molar-refractivity contribution in [3.05, 3.63) is 22.4 Å². The van der Waals surface area contributed by atoms with Crippen LogP contribution in [0.3, 0.4) is 0 Å². The largest absolute Gasteiger partial charge is 0.348 e. The van der Waals surface area contributed by atoms with E-state index in [0.717, 1.165) is 23.1 Å². The minimum atomic E-state index is 0.00495. The van der Waals surface area contributed by atoms with Crippen molar-refractivity contribution in [1.29, 1.82) is 0 Å². The Kier molecular flexibility index (Phi) is 5.25. The van der Waals surface area contributed by atoms with Crippen LogP contribution in [0.15, 0.2) is 16.7 Å². The summed E-state index contributed by atoms with van der Waals surface area (Å²) in [6.07, 6.45) is 2.97. The molecular weight excluding hydrogens is 280 g/mol. The smallest absolute Gasteiger partial charge is 0.268 e. The van der Waals surface area contributed by atoms with Gasteiger partial charge in [0.05, 0.1) is 0 Å². The third-order valence-electron chi connectivity index (χ3n) is 2.92. The molecule has 0 spiro atoms. The lowest BCUT2D eigenvalue weighted by atomic mass is 10.1. The van der Waals surface area contributed by atoms with Gasteiger partial charge in [-0.2, -0.15) is 0 Å². The average Bonchev–Trinajstić information content (AvgIpc) is 2.60. The van der Waals surface area contributed by atoms with Gasteiger partial charge in [-0.1, -0.05) is 20.8 Å². The predicted molar refractivity (Wildman–Crippen MR) is 74.2 cm³/mol. The summed E-state index contributed by atoms with van der Waals surface area (Å²) in [5, 5.41) is 3.03. The van der Waals surface area contributed by atoms with Crippen LogP contribution >= 0.6 is 15.9 Å².